The summed E-state index contributed by atoms with van der Waals surface area (Å²) >= 11 is 11.5. The molecular formula is C9H11Cl2N3O2. The van der Waals surface area contributed by atoms with E-state index in [0.717, 1.165) is 0 Å². The lowest BCUT2D eigenvalue weighted by Crippen LogP contribution is -2.18. The maximum Gasteiger partial charge on any atom is 0.293 e. The molecule has 0 fully saturated rings. The number of hydrogen-bond donors (Lipinski definition) is 2. The fourth-order valence-corrected chi connectivity index (χ4v) is 1.47. The summed E-state index contributed by atoms with van der Waals surface area (Å²) in [5, 5.41) is 17.1. The van der Waals surface area contributed by atoms with E-state index < -0.39 is 4.92 Å². The summed E-state index contributed by atoms with van der Waals surface area (Å²) in [5.41, 5.74) is 0.292. The Kier molecular flexibility index (Phi) is 4.79. The summed E-state index contributed by atoms with van der Waals surface area (Å²) in [6.45, 7) is 1.26. The van der Waals surface area contributed by atoms with Gasteiger partial charge in [-0.05, 0) is 13.1 Å². The molecule has 0 aliphatic heterocycles. The van der Waals surface area contributed by atoms with Gasteiger partial charge in [0.15, 0.2) is 0 Å². The fraction of sp³-hybridized carbons (Fsp3) is 0.333. The molecule has 0 atom stereocenters. The largest absolute Gasteiger partial charge is 0.378 e. The number of nitro groups is 1. The summed E-state index contributed by atoms with van der Waals surface area (Å²) in [4.78, 5) is 10.3. The first kappa shape index (κ1) is 13.0. The Labute approximate surface area is 103 Å². The van der Waals surface area contributed by atoms with Crippen molar-refractivity contribution in [2.75, 3.05) is 25.5 Å². The van der Waals surface area contributed by atoms with Crippen molar-refractivity contribution in [2.24, 2.45) is 0 Å². The van der Waals surface area contributed by atoms with Crippen LogP contribution in [-0.4, -0.2) is 25.1 Å². The van der Waals surface area contributed by atoms with Crippen LogP contribution < -0.4 is 10.6 Å². The second kappa shape index (κ2) is 5.89. The topological polar surface area (TPSA) is 67.2 Å². The molecular weight excluding hydrogens is 253 g/mol. The second-order valence-electron chi connectivity index (χ2n) is 3.07. The Hall–Kier alpha value is -1.04. The molecule has 2 N–H and O–H groups in total. The maximum atomic E-state index is 10.8. The molecule has 7 heteroatoms. The standard InChI is InChI=1S/C9H11Cl2N3O2/c1-12-2-3-13-8-4-6(10)7(11)5-9(8)14(15)16/h4-5,12-13H,2-3H2,1H3. The van der Waals surface area contributed by atoms with Gasteiger partial charge in [0.2, 0.25) is 0 Å². The van der Waals surface area contributed by atoms with Crippen LogP contribution in [-0.2, 0) is 0 Å². The summed E-state index contributed by atoms with van der Waals surface area (Å²) in [7, 11) is 1.80. The van der Waals surface area contributed by atoms with Crippen molar-refractivity contribution in [3.63, 3.8) is 0 Å². The highest BCUT2D eigenvalue weighted by molar-refractivity contribution is 6.42. The van der Waals surface area contributed by atoms with Crippen molar-refractivity contribution in [3.05, 3.63) is 32.3 Å². The first-order chi connectivity index (χ1) is 7.56. The average Bonchev–Trinajstić information content (AvgIpc) is 2.23. The number of likely N-dealkylation sites (N-methyl/N-ethyl adjacent to an activating group) is 1. The molecule has 1 aromatic rings. The van der Waals surface area contributed by atoms with Crippen molar-refractivity contribution >= 4 is 34.6 Å². The first-order valence-electron chi connectivity index (χ1n) is 4.58. The summed E-state index contributed by atoms with van der Waals surface area (Å²) in [6.07, 6.45) is 0. The van der Waals surface area contributed by atoms with Crippen molar-refractivity contribution in [2.45, 2.75) is 0 Å². The minimum Gasteiger partial charge on any atom is -0.378 e. The zero-order chi connectivity index (χ0) is 12.1. The van der Waals surface area contributed by atoms with Gasteiger partial charge in [-0.25, -0.2) is 0 Å². The Morgan fingerprint density at radius 2 is 1.94 bits per heavy atom. The van der Waals surface area contributed by atoms with Crippen LogP contribution in [0.25, 0.3) is 0 Å². The lowest BCUT2D eigenvalue weighted by Gasteiger charge is -2.07. The van der Waals surface area contributed by atoms with Gasteiger partial charge < -0.3 is 10.6 Å². The van der Waals surface area contributed by atoms with Crippen molar-refractivity contribution < 1.29 is 4.92 Å². The normalized spacial score (nSPS) is 10.2. The van der Waals surface area contributed by atoms with Crippen LogP contribution >= 0.6 is 23.2 Å². The quantitative estimate of drug-likeness (QED) is 0.487. The minimum atomic E-state index is -0.496. The summed E-state index contributed by atoms with van der Waals surface area (Å²) < 4.78 is 0. The van der Waals surface area contributed by atoms with Gasteiger partial charge in [-0.1, -0.05) is 23.2 Å². The summed E-state index contributed by atoms with van der Waals surface area (Å²) in [6, 6.07) is 2.70. The molecule has 0 saturated heterocycles. The zero-order valence-electron chi connectivity index (χ0n) is 8.59. The van der Waals surface area contributed by atoms with E-state index in [1.54, 1.807) is 7.05 Å². The monoisotopic (exact) mass is 263 g/mol. The summed E-state index contributed by atoms with van der Waals surface area (Å²) in [5.74, 6) is 0. The van der Waals surface area contributed by atoms with E-state index in [-0.39, 0.29) is 10.7 Å². The van der Waals surface area contributed by atoms with Crippen molar-refractivity contribution in [3.8, 4) is 0 Å². The van der Waals surface area contributed by atoms with Crippen molar-refractivity contribution in [1.82, 2.24) is 5.32 Å². The molecule has 1 rings (SSSR count). The third-order valence-electron chi connectivity index (χ3n) is 1.93. The molecule has 5 nitrogen and oxygen atoms in total. The van der Waals surface area contributed by atoms with E-state index >= 15 is 0 Å². The van der Waals surface area contributed by atoms with Gasteiger partial charge in [0.25, 0.3) is 5.69 Å². The lowest BCUT2D eigenvalue weighted by atomic mass is 10.2. The predicted molar refractivity (Wildman–Crippen MR) is 65.5 cm³/mol. The number of benzene rings is 1. The van der Waals surface area contributed by atoms with Crippen LogP contribution in [0.5, 0.6) is 0 Å². The van der Waals surface area contributed by atoms with Crippen LogP contribution in [0.4, 0.5) is 11.4 Å². The molecule has 0 amide bonds. The number of nitro benzene ring substituents is 1. The molecule has 0 bridgehead atoms. The number of rotatable bonds is 5. The molecule has 0 heterocycles. The third-order valence-corrected chi connectivity index (χ3v) is 2.65. The van der Waals surface area contributed by atoms with Crippen LogP contribution in [0.3, 0.4) is 0 Å². The molecule has 0 unspecified atom stereocenters. The van der Waals surface area contributed by atoms with Crippen LogP contribution in [0.2, 0.25) is 10.0 Å². The lowest BCUT2D eigenvalue weighted by molar-refractivity contribution is -0.383. The second-order valence-corrected chi connectivity index (χ2v) is 3.89. The zero-order valence-corrected chi connectivity index (χ0v) is 10.1. The number of nitrogens with zero attached hydrogens (tertiary/aromatic N) is 1. The van der Waals surface area contributed by atoms with E-state index in [1.807, 2.05) is 0 Å². The number of nitrogens with one attached hydrogen (secondary N) is 2. The first-order valence-corrected chi connectivity index (χ1v) is 5.33. The van der Waals surface area contributed by atoms with E-state index in [9.17, 15) is 10.1 Å². The van der Waals surface area contributed by atoms with Crippen molar-refractivity contribution in [1.29, 1.82) is 0 Å². The van der Waals surface area contributed by atoms with Gasteiger partial charge in [0, 0.05) is 19.2 Å². The highest BCUT2D eigenvalue weighted by Crippen LogP contribution is 2.33. The molecule has 0 radical (unpaired) electrons. The minimum absolute atomic E-state index is 0.0782. The highest BCUT2D eigenvalue weighted by Gasteiger charge is 2.16. The number of anilines is 1. The fourth-order valence-electron chi connectivity index (χ4n) is 1.15. The molecule has 0 saturated carbocycles. The van der Waals surface area contributed by atoms with Gasteiger partial charge in [-0.15, -0.1) is 0 Å². The van der Waals surface area contributed by atoms with Gasteiger partial charge in [0.1, 0.15) is 5.69 Å². The molecule has 16 heavy (non-hydrogen) atoms. The smallest absolute Gasteiger partial charge is 0.293 e. The van der Waals surface area contributed by atoms with Gasteiger partial charge in [-0.2, -0.15) is 0 Å². The molecule has 88 valence electrons. The Morgan fingerprint density at radius 3 is 2.50 bits per heavy atom. The van der Waals surface area contributed by atoms with Gasteiger partial charge >= 0.3 is 0 Å². The van der Waals surface area contributed by atoms with Gasteiger partial charge in [0.05, 0.1) is 15.0 Å². The third kappa shape index (κ3) is 3.23. The van der Waals surface area contributed by atoms with E-state index in [4.69, 9.17) is 23.2 Å². The molecule has 0 aliphatic carbocycles. The van der Waals surface area contributed by atoms with E-state index in [1.165, 1.54) is 12.1 Å². The number of halogens is 2. The molecule has 0 aromatic heterocycles. The molecule has 1 aromatic carbocycles. The SMILES string of the molecule is CNCCNc1cc(Cl)c(Cl)cc1[N+](=O)[O-]. The predicted octanol–water partition coefficient (Wildman–Crippen LogP) is 2.53. The van der Waals surface area contributed by atoms with E-state index in [2.05, 4.69) is 10.6 Å². The van der Waals surface area contributed by atoms with Crippen LogP contribution in [0, 0.1) is 10.1 Å². The van der Waals surface area contributed by atoms with Gasteiger partial charge in [-0.3, -0.25) is 10.1 Å². The number of hydrogen-bond acceptors (Lipinski definition) is 4. The van der Waals surface area contributed by atoms with Crippen LogP contribution in [0.15, 0.2) is 12.1 Å². The van der Waals surface area contributed by atoms with Crippen LogP contribution in [0.1, 0.15) is 0 Å². The van der Waals surface area contributed by atoms with E-state index in [0.29, 0.717) is 23.8 Å². The Bertz CT molecular complexity index is 399. The molecule has 0 spiro atoms. The Balaban J connectivity index is 2.95. The Morgan fingerprint density at radius 1 is 1.31 bits per heavy atom. The average molecular weight is 264 g/mol. The molecule has 0 aliphatic rings. The highest BCUT2D eigenvalue weighted by atomic mass is 35.5. The maximum absolute atomic E-state index is 10.8.